The first-order valence-corrected chi connectivity index (χ1v) is 8.96. The van der Waals surface area contributed by atoms with E-state index in [4.69, 9.17) is 4.74 Å². The number of likely N-dealkylation sites (N-methyl/N-ethyl adjacent to an activating group) is 1. The van der Waals surface area contributed by atoms with Crippen LogP contribution >= 0.6 is 0 Å². The summed E-state index contributed by atoms with van der Waals surface area (Å²) in [6.07, 6.45) is 2.01. The summed E-state index contributed by atoms with van der Waals surface area (Å²) >= 11 is 0. The smallest absolute Gasteiger partial charge is 0.410 e. The maximum atomic E-state index is 12.0. The lowest BCUT2D eigenvalue weighted by molar-refractivity contribution is 0.0291. The lowest BCUT2D eigenvalue weighted by atomic mass is 10.2. The average Bonchev–Trinajstić information content (AvgIpc) is 2.93. The second-order valence-corrected chi connectivity index (χ2v) is 7.86. The summed E-state index contributed by atoms with van der Waals surface area (Å²) in [6, 6.07) is 0.412. The minimum atomic E-state index is -0.412. The van der Waals surface area contributed by atoms with Gasteiger partial charge in [0.05, 0.1) is 0 Å². The Morgan fingerprint density at radius 2 is 1.87 bits per heavy atom. The zero-order valence-electron chi connectivity index (χ0n) is 15.3. The van der Waals surface area contributed by atoms with Gasteiger partial charge in [-0.25, -0.2) is 4.79 Å². The van der Waals surface area contributed by atoms with Gasteiger partial charge in [0, 0.05) is 45.3 Å². The second kappa shape index (κ2) is 8.31. The molecule has 1 unspecified atom stereocenters. The van der Waals surface area contributed by atoms with Crippen molar-refractivity contribution in [2.75, 3.05) is 59.4 Å². The molecule has 2 saturated heterocycles. The van der Waals surface area contributed by atoms with E-state index in [0.29, 0.717) is 6.04 Å². The highest BCUT2D eigenvalue weighted by atomic mass is 16.6. The number of piperazine rings is 1. The molecular weight excluding hydrogens is 292 g/mol. The number of nitrogens with zero attached hydrogens (tertiary/aromatic N) is 3. The van der Waals surface area contributed by atoms with Crippen molar-refractivity contribution < 1.29 is 9.53 Å². The molecule has 1 N–H and O–H groups in total. The van der Waals surface area contributed by atoms with Gasteiger partial charge in [0.1, 0.15) is 5.60 Å². The zero-order chi connectivity index (χ0) is 16.9. The number of likely N-dealkylation sites (tertiary alicyclic amines) is 1. The number of hydrogen-bond acceptors (Lipinski definition) is 5. The fourth-order valence-electron chi connectivity index (χ4n) is 3.10. The predicted octanol–water partition coefficient (Wildman–Crippen LogP) is 1.22. The van der Waals surface area contributed by atoms with Crippen LogP contribution in [0.15, 0.2) is 0 Å². The third-order valence-electron chi connectivity index (χ3n) is 4.52. The minimum Gasteiger partial charge on any atom is -0.444 e. The molecule has 0 bridgehead atoms. The summed E-state index contributed by atoms with van der Waals surface area (Å²) < 4.78 is 5.43. The van der Waals surface area contributed by atoms with E-state index in [1.165, 1.54) is 39.1 Å². The maximum absolute atomic E-state index is 12.0. The molecule has 0 aromatic rings. The Morgan fingerprint density at radius 1 is 1.17 bits per heavy atom. The predicted molar refractivity (Wildman–Crippen MR) is 92.8 cm³/mol. The normalized spacial score (nSPS) is 24.2. The van der Waals surface area contributed by atoms with Crippen LogP contribution in [0, 0.1) is 0 Å². The number of carbonyl (C=O) groups is 1. The van der Waals surface area contributed by atoms with Crippen LogP contribution in [0.1, 0.15) is 33.6 Å². The molecule has 2 fully saturated rings. The number of nitrogens with one attached hydrogen (secondary N) is 1. The van der Waals surface area contributed by atoms with Gasteiger partial charge in [-0.3, -0.25) is 0 Å². The van der Waals surface area contributed by atoms with Crippen molar-refractivity contribution >= 4 is 6.09 Å². The van der Waals surface area contributed by atoms with Crippen LogP contribution < -0.4 is 5.32 Å². The van der Waals surface area contributed by atoms with Crippen molar-refractivity contribution in [2.45, 2.75) is 45.3 Å². The fourth-order valence-corrected chi connectivity index (χ4v) is 3.10. The lowest BCUT2D eigenvalue weighted by Crippen LogP contribution is -2.45. The molecule has 6 heteroatoms. The summed E-state index contributed by atoms with van der Waals surface area (Å²) in [5.74, 6) is 0. The summed E-state index contributed by atoms with van der Waals surface area (Å²) in [6.45, 7) is 14.2. The largest absolute Gasteiger partial charge is 0.444 e. The highest BCUT2D eigenvalue weighted by Gasteiger charge is 2.29. The monoisotopic (exact) mass is 326 g/mol. The highest BCUT2D eigenvalue weighted by molar-refractivity contribution is 5.68. The fraction of sp³-hybridized carbons (Fsp3) is 0.941. The molecular formula is C17H34N4O2. The zero-order valence-corrected chi connectivity index (χ0v) is 15.3. The van der Waals surface area contributed by atoms with E-state index in [-0.39, 0.29) is 6.09 Å². The van der Waals surface area contributed by atoms with E-state index >= 15 is 0 Å². The number of carbonyl (C=O) groups excluding carboxylic acids is 1. The van der Waals surface area contributed by atoms with Crippen molar-refractivity contribution in [2.24, 2.45) is 0 Å². The second-order valence-electron chi connectivity index (χ2n) is 7.86. The van der Waals surface area contributed by atoms with Gasteiger partial charge >= 0.3 is 6.09 Å². The quantitative estimate of drug-likeness (QED) is 0.770. The van der Waals surface area contributed by atoms with Crippen LogP contribution in [0.25, 0.3) is 0 Å². The molecule has 1 atom stereocenters. The molecule has 1 amide bonds. The van der Waals surface area contributed by atoms with Crippen LogP contribution in [0.2, 0.25) is 0 Å². The molecule has 0 aromatic carbocycles. The van der Waals surface area contributed by atoms with Crippen molar-refractivity contribution in [1.82, 2.24) is 20.0 Å². The number of ether oxygens (including phenoxy) is 1. The summed E-state index contributed by atoms with van der Waals surface area (Å²) in [5.41, 5.74) is -0.412. The SMILES string of the molecule is CN1CCN(CCCNC2CCN(C(=O)OC(C)(C)C)C2)CC1. The van der Waals surface area contributed by atoms with Crippen LogP contribution in [-0.2, 0) is 4.74 Å². The molecule has 6 nitrogen and oxygen atoms in total. The van der Waals surface area contributed by atoms with Gasteiger partial charge in [0.2, 0.25) is 0 Å². The third-order valence-corrected chi connectivity index (χ3v) is 4.52. The lowest BCUT2D eigenvalue weighted by Gasteiger charge is -2.32. The first-order chi connectivity index (χ1) is 10.8. The molecule has 2 rings (SSSR count). The summed E-state index contributed by atoms with van der Waals surface area (Å²) in [5, 5.41) is 3.59. The molecule has 2 aliphatic heterocycles. The Morgan fingerprint density at radius 3 is 2.52 bits per heavy atom. The van der Waals surface area contributed by atoms with Gasteiger partial charge < -0.3 is 24.8 Å². The van der Waals surface area contributed by atoms with Gasteiger partial charge in [0.25, 0.3) is 0 Å². The first kappa shape index (κ1) is 18.5. The number of amides is 1. The summed E-state index contributed by atoms with van der Waals surface area (Å²) in [7, 11) is 2.19. The average molecular weight is 326 g/mol. The third kappa shape index (κ3) is 6.65. The molecule has 0 radical (unpaired) electrons. The van der Waals surface area contributed by atoms with Crippen molar-refractivity contribution in [3.05, 3.63) is 0 Å². The van der Waals surface area contributed by atoms with Crippen LogP contribution in [0.3, 0.4) is 0 Å². The highest BCUT2D eigenvalue weighted by Crippen LogP contribution is 2.15. The first-order valence-electron chi connectivity index (χ1n) is 8.96. The van der Waals surface area contributed by atoms with Crippen molar-refractivity contribution in [3.63, 3.8) is 0 Å². The Balaban J connectivity index is 1.56. The molecule has 23 heavy (non-hydrogen) atoms. The van der Waals surface area contributed by atoms with Crippen LogP contribution in [0.5, 0.6) is 0 Å². The molecule has 0 spiro atoms. The van der Waals surface area contributed by atoms with Gasteiger partial charge in [-0.05, 0) is 53.8 Å². The molecule has 0 aromatic heterocycles. The molecule has 0 aliphatic carbocycles. The van der Waals surface area contributed by atoms with Gasteiger partial charge in [0.15, 0.2) is 0 Å². The number of hydrogen-bond donors (Lipinski definition) is 1. The Bertz CT molecular complexity index is 375. The van der Waals surface area contributed by atoms with Gasteiger partial charge in [-0.15, -0.1) is 0 Å². The Kier molecular flexibility index (Phi) is 6.68. The van der Waals surface area contributed by atoms with E-state index in [1.807, 2.05) is 25.7 Å². The van der Waals surface area contributed by atoms with Crippen LogP contribution in [-0.4, -0.2) is 91.8 Å². The van der Waals surface area contributed by atoms with E-state index in [1.54, 1.807) is 0 Å². The van der Waals surface area contributed by atoms with Gasteiger partial charge in [-0.2, -0.15) is 0 Å². The standard InChI is InChI=1S/C17H34N4O2/c1-17(2,3)23-16(22)21-9-6-15(14-21)18-7-5-8-20-12-10-19(4)11-13-20/h15,18H,5-14H2,1-4H3. The molecule has 2 aliphatic rings. The minimum absolute atomic E-state index is 0.181. The van der Waals surface area contributed by atoms with E-state index in [9.17, 15) is 4.79 Å². The van der Waals surface area contributed by atoms with E-state index < -0.39 is 5.60 Å². The molecule has 0 saturated carbocycles. The van der Waals surface area contributed by atoms with Gasteiger partial charge in [-0.1, -0.05) is 0 Å². The summed E-state index contributed by atoms with van der Waals surface area (Å²) in [4.78, 5) is 18.8. The Labute approximate surface area is 141 Å². The van der Waals surface area contributed by atoms with E-state index in [2.05, 4.69) is 22.2 Å². The van der Waals surface area contributed by atoms with Crippen molar-refractivity contribution in [3.8, 4) is 0 Å². The topological polar surface area (TPSA) is 48.0 Å². The van der Waals surface area contributed by atoms with Crippen molar-refractivity contribution in [1.29, 1.82) is 0 Å². The molecule has 2 heterocycles. The Hall–Kier alpha value is -0.850. The maximum Gasteiger partial charge on any atom is 0.410 e. The van der Waals surface area contributed by atoms with Crippen LogP contribution in [0.4, 0.5) is 4.79 Å². The number of rotatable bonds is 5. The van der Waals surface area contributed by atoms with E-state index in [0.717, 1.165) is 26.1 Å². The molecule has 134 valence electrons.